The second-order valence-electron chi connectivity index (χ2n) is 4.76. The van der Waals surface area contributed by atoms with Gasteiger partial charge in [0.2, 0.25) is 0 Å². The lowest BCUT2D eigenvalue weighted by Gasteiger charge is -2.19. The number of para-hydroxylation sites is 1. The number of anilines is 1. The number of nitrogens with one attached hydrogen (secondary N) is 1. The summed E-state index contributed by atoms with van der Waals surface area (Å²) in [5, 5.41) is 3.31. The van der Waals surface area contributed by atoms with E-state index < -0.39 is 0 Å². The van der Waals surface area contributed by atoms with E-state index in [1.807, 2.05) is 18.2 Å². The monoisotopic (exact) mass is 279 g/mol. The smallest absolute Gasteiger partial charge is 0.328 e. The lowest BCUT2D eigenvalue weighted by Crippen LogP contribution is -2.31. The largest absolute Gasteiger partial charge is 0.467 e. The first-order chi connectivity index (χ1) is 9.72. The summed E-state index contributed by atoms with van der Waals surface area (Å²) in [5.41, 5.74) is 2.14. The van der Waals surface area contributed by atoms with Crippen molar-refractivity contribution in [2.45, 2.75) is 38.6 Å². The van der Waals surface area contributed by atoms with Gasteiger partial charge in [0.05, 0.1) is 13.7 Å². The summed E-state index contributed by atoms with van der Waals surface area (Å²) in [6.45, 7) is 2.78. The van der Waals surface area contributed by atoms with Crippen LogP contribution in [0.4, 0.5) is 5.69 Å². The maximum Gasteiger partial charge on any atom is 0.328 e. The maximum atomic E-state index is 11.8. The van der Waals surface area contributed by atoms with Gasteiger partial charge in [0, 0.05) is 12.8 Å². The third-order valence-electron chi connectivity index (χ3n) is 3.25. The van der Waals surface area contributed by atoms with Crippen molar-refractivity contribution in [3.8, 4) is 0 Å². The molecule has 0 fully saturated rings. The van der Waals surface area contributed by atoms with E-state index in [4.69, 9.17) is 9.47 Å². The van der Waals surface area contributed by atoms with Crippen molar-refractivity contribution in [1.82, 2.24) is 0 Å². The zero-order chi connectivity index (χ0) is 14.8. The highest BCUT2D eigenvalue weighted by Crippen LogP contribution is 2.19. The Morgan fingerprint density at radius 2 is 2.05 bits per heavy atom. The number of unbranched alkanes of at least 4 members (excludes halogenated alkanes) is 1. The summed E-state index contributed by atoms with van der Waals surface area (Å²) in [4.78, 5) is 11.8. The Labute approximate surface area is 121 Å². The summed E-state index contributed by atoms with van der Waals surface area (Å²) in [7, 11) is 3.12. The fraction of sp³-hybridized carbons (Fsp3) is 0.562. The zero-order valence-electron chi connectivity index (χ0n) is 12.6. The Kier molecular flexibility index (Phi) is 7.73. The van der Waals surface area contributed by atoms with E-state index in [0.29, 0.717) is 6.61 Å². The van der Waals surface area contributed by atoms with Crippen molar-refractivity contribution in [1.29, 1.82) is 0 Å². The topological polar surface area (TPSA) is 47.6 Å². The molecule has 0 heterocycles. The standard InChI is InChI=1S/C16H25NO3/c1-4-5-9-15(16(18)20-3)17-14-10-7-6-8-13(14)11-12-19-2/h6-8,10,15,17H,4-5,9,11-12H2,1-3H3. The van der Waals surface area contributed by atoms with Crippen molar-refractivity contribution in [3.05, 3.63) is 29.8 Å². The van der Waals surface area contributed by atoms with Crippen LogP contribution in [0, 0.1) is 0 Å². The Morgan fingerprint density at radius 1 is 1.30 bits per heavy atom. The number of carbonyl (C=O) groups is 1. The molecular formula is C16H25NO3. The predicted octanol–water partition coefficient (Wildman–Crippen LogP) is 3.02. The van der Waals surface area contributed by atoms with Crippen LogP contribution in [0.25, 0.3) is 0 Å². The fourth-order valence-corrected chi connectivity index (χ4v) is 2.08. The van der Waals surface area contributed by atoms with Crippen LogP contribution in [0.5, 0.6) is 0 Å². The van der Waals surface area contributed by atoms with Gasteiger partial charge in [-0.05, 0) is 24.5 Å². The van der Waals surface area contributed by atoms with Gasteiger partial charge in [0.1, 0.15) is 6.04 Å². The second kappa shape index (κ2) is 9.37. The van der Waals surface area contributed by atoms with Crippen LogP contribution < -0.4 is 5.32 Å². The second-order valence-corrected chi connectivity index (χ2v) is 4.76. The first-order valence-electron chi connectivity index (χ1n) is 7.14. The van der Waals surface area contributed by atoms with Crippen molar-refractivity contribution >= 4 is 11.7 Å². The van der Waals surface area contributed by atoms with Crippen LogP contribution in [-0.2, 0) is 20.7 Å². The van der Waals surface area contributed by atoms with E-state index in [1.54, 1.807) is 7.11 Å². The Morgan fingerprint density at radius 3 is 2.70 bits per heavy atom. The molecule has 4 heteroatoms. The minimum Gasteiger partial charge on any atom is -0.467 e. The van der Waals surface area contributed by atoms with E-state index in [1.165, 1.54) is 7.11 Å². The van der Waals surface area contributed by atoms with Gasteiger partial charge in [-0.15, -0.1) is 0 Å². The van der Waals surface area contributed by atoms with Crippen LogP contribution >= 0.6 is 0 Å². The molecule has 0 aromatic heterocycles. The molecule has 0 amide bonds. The molecule has 112 valence electrons. The van der Waals surface area contributed by atoms with Crippen molar-refractivity contribution in [2.24, 2.45) is 0 Å². The summed E-state index contributed by atoms with van der Waals surface area (Å²) >= 11 is 0. The molecule has 0 aliphatic heterocycles. The van der Waals surface area contributed by atoms with Gasteiger partial charge >= 0.3 is 5.97 Å². The minimum atomic E-state index is -0.288. The molecular weight excluding hydrogens is 254 g/mol. The molecule has 0 saturated carbocycles. The zero-order valence-corrected chi connectivity index (χ0v) is 12.6. The lowest BCUT2D eigenvalue weighted by atomic mass is 10.1. The molecule has 1 N–H and O–H groups in total. The van der Waals surface area contributed by atoms with Crippen LogP contribution in [0.1, 0.15) is 31.7 Å². The number of carbonyl (C=O) groups excluding carboxylic acids is 1. The predicted molar refractivity (Wildman–Crippen MR) is 81.0 cm³/mol. The van der Waals surface area contributed by atoms with E-state index in [9.17, 15) is 4.79 Å². The SMILES string of the molecule is CCCCC(Nc1ccccc1CCOC)C(=O)OC. The Hall–Kier alpha value is -1.55. The third kappa shape index (κ3) is 5.21. The van der Waals surface area contributed by atoms with Gasteiger partial charge in [-0.3, -0.25) is 0 Å². The normalized spacial score (nSPS) is 11.9. The number of benzene rings is 1. The molecule has 0 aliphatic carbocycles. The van der Waals surface area contributed by atoms with E-state index >= 15 is 0 Å². The summed E-state index contributed by atoms with van der Waals surface area (Å²) in [6.07, 6.45) is 3.65. The molecule has 1 aromatic carbocycles. The number of esters is 1. The average Bonchev–Trinajstić information content (AvgIpc) is 2.49. The summed E-state index contributed by atoms with van der Waals surface area (Å²) in [6, 6.07) is 7.72. The van der Waals surface area contributed by atoms with E-state index in [-0.39, 0.29) is 12.0 Å². The van der Waals surface area contributed by atoms with Crippen LogP contribution in [0.2, 0.25) is 0 Å². The number of methoxy groups -OCH3 is 2. The number of hydrogen-bond acceptors (Lipinski definition) is 4. The number of hydrogen-bond donors (Lipinski definition) is 1. The average molecular weight is 279 g/mol. The number of rotatable bonds is 9. The molecule has 4 nitrogen and oxygen atoms in total. The van der Waals surface area contributed by atoms with E-state index in [2.05, 4.69) is 18.3 Å². The number of ether oxygens (including phenoxy) is 2. The summed E-state index contributed by atoms with van der Waals surface area (Å²) in [5.74, 6) is -0.208. The fourth-order valence-electron chi connectivity index (χ4n) is 2.08. The third-order valence-corrected chi connectivity index (χ3v) is 3.25. The molecule has 0 saturated heterocycles. The summed E-state index contributed by atoms with van der Waals surface area (Å²) < 4.78 is 10.00. The molecule has 1 atom stereocenters. The molecule has 1 unspecified atom stereocenters. The van der Waals surface area contributed by atoms with Crippen LogP contribution in [-0.4, -0.2) is 32.8 Å². The van der Waals surface area contributed by atoms with Crippen LogP contribution in [0.3, 0.4) is 0 Å². The lowest BCUT2D eigenvalue weighted by molar-refractivity contribution is -0.141. The van der Waals surface area contributed by atoms with Gasteiger partial charge in [-0.2, -0.15) is 0 Å². The Bertz CT molecular complexity index is 406. The molecule has 1 aromatic rings. The molecule has 0 bridgehead atoms. The van der Waals surface area contributed by atoms with E-state index in [0.717, 1.165) is 36.9 Å². The van der Waals surface area contributed by atoms with Gasteiger partial charge < -0.3 is 14.8 Å². The highest BCUT2D eigenvalue weighted by Gasteiger charge is 2.19. The van der Waals surface area contributed by atoms with Gasteiger partial charge in [-0.1, -0.05) is 38.0 Å². The quantitative estimate of drug-likeness (QED) is 0.706. The first kappa shape index (κ1) is 16.5. The van der Waals surface area contributed by atoms with Crippen molar-refractivity contribution < 1.29 is 14.3 Å². The first-order valence-corrected chi connectivity index (χ1v) is 7.14. The van der Waals surface area contributed by atoms with Crippen LogP contribution in [0.15, 0.2) is 24.3 Å². The highest BCUT2D eigenvalue weighted by molar-refractivity contribution is 5.79. The Balaban J connectivity index is 2.78. The van der Waals surface area contributed by atoms with Gasteiger partial charge in [-0.25, -0.2) is 4.79 Å². The highest BCUT2D eigenvalue weighted by atomic mass is 16.5. The van der Waals surface area contributed by atoms with Gasteiger partial charge in [0.25, 0.3) is 0 Å². The molecule has 20 heavy (non-hydrogen) atoms. The molecule has 1 rings (SSSR count). The van der Waals surface area contributed by atoms with Gasteiger partial charge in [0.15, 0.2) is 0 Å². The minimum absolute atomic E-state index is 0.208. The molecule has 0 radical (unpaired) electrons. The van der Waals surface area contributed by atoms with Crippen molar-refractivity contribution in [3.63, 3.8) is 0 Å². The van der Waals surface area contributed by atoms with Crippen molar-refractivity contribution in [2.75, 3.05) is 26.1 Å². The molecule has 0 spiro atoms. The maximum absolute atomic E-state index is 11.8. The molecule has 0 aliphatic rings.